The zero-order chi connectivity index (χ0) is 15.1. The van der Waals surface area contributed by atoms with Gasteiger partial charge in [0, 0.05) is 18.5 Å². The van der Waals surface area contributed by atoms with E-state index in [4.69, 9.17) is 9.47 Å². The van der Waals surface area contributed by atoms with Crippen LogP contribution in [-0.2, 0) is 14.3 Å². The first-order chi connectivity index (χ1) is 9.49. The van der Waals surface area contributed by atoms with Crippen LogP contribution >= 0.6 is 11.3 Å². The third-order valence-corrected chi connectivity index (χ3v) is 4.00. The number of nitrogens with zero attached hydrogens (tertiary/aromatic N) is 1. The molecule has 0 saturated heterocycles. The largest absolute Gasteiger partial charge is 0.465 e. The van der Waals surface area contributed by atoms with Crippen LogP contribution in [0.25, 0.3) is 0 Å². The average Bonchev–Trinajstić information content (AvgIpc) is 2.74. The molecule has 1 aromatic rings. The quantitative estimate of drug-likeness (QED) is 0.723. The van der Waals surface area contributed by atoms with E-state index < -0.39 is 5.97 Å². The Bertz CT molecular complexity index is 450. The van der Waals surface area contributed by atoms with E-state index in [9.17, 15) is 9.59 Å². The van der Waals surface area contributed by atoms with Crippen molar-refractivity contribution in [3.05, 3.63) is 21.4 Å². The zero-order valence-electron chi connectivity index (χ0n) is 12.4. The number of methoxy groups -OCH3 is 1. The lowest BCUT2D eigenvalue weighted by molar-refractivity contribution is -0.143. The number of thiophene rings is 1. The third kappa shape index (κ3) is 4.61. The van der Waals surface area contributed by atoms with Crippen molar-refractivity contribution in [3.63, 3.8) is 0 Å². The standard InChI is InChI=1S/C14H21NO4S/c1-5-19-13(16)9-15(6-7-18-4)14(17)12-8-10(2)11(3)20-12/h8H,5-7,9H2,1-4H3. The first-order valence-electron chi connectivity index (χ1n) is 6.50. The summed E-state index contributed by atoms with van der Waals surface area (Å²) in [5, 5.41) is 0. The molecule has 0 radical (unpaired) electrons. The number of amides is 1. The van der Waals surface area contributed by atoms with Crippen molar-refractivity contribution in [1.29, 1.82) is 0 Å². The van der Waals surface area contributed by atoms with Crippen LogP contribution in [0.3, 0.4) is 0 Å². The predicted octanol–water partition coefficient (Wildman–Crippen LogP) is 2.02. The van der Waals surface area contributed by atoms with Gasteiger partial charge in [-0.1, -0.05) is 0 Å². The van der Waals surface area contributed by atoms with Gasteiger partial charge in [-0.2, -0.15) is 0 Å². The molecule has 112 valence electrons. The topological polar surface area (TPSA) is 55.8 Å². The van der Waals surface area contributed by atoms with E-state index in [1.165, 1.54) is 16.2 Å². The lowest BCUT2D eigenvalue weighted by Gasteiger charge is -2.20. The Morgan fingerprint density at radius 3 is 2.55 bits per heavy atom. The van der Waals surface area contributed by atoms with Crippen LogP contribution < -0.4 is 0 Å². The number of hydrogen-bond acceptors (Lipinski definition) is 5. The summed E-state index contributed by atoms with van der Waals surface area (Å²) < 4.78 is 9.88. The summed E-state index contributed by atoms with van der Waals surface area (Å²) in [6.07, 6.45) is 0. The number of hydrogen-bond donors (Lipinski definition) is 0. The molecule has 0 aliphatic heterocycles. The van der Waals surface area contributed by atoms with E-state index >= 15 is 0 Å². The molecule has 0 saturated carbocycles. The van der Waals surface area contributed by atoms with Crippen molar-refractivity contribution < 1.29 is 19.1 Å². The lowest BCUT2D eigenvalue weighted by atomic mass is 10.2. The Hall–Kier alpha value is -1.40. The van der Waals surface area contributed by atoms with Crippen molar-refractivity contribution in [3.8, 4) is 0 Å². The molecule has 0 spiro atoms. The van der Waals surface area contributed by atoms with E-state index in [0.29, 0.717) is 24.6 Å². The second kappa shape index (κ2) is 8.01. The van der Waals surface area contributed by atoms with Crippen LogP contribution in [0.5, 0.6) is 0 Å². The number of aryl methyl sites for hydroxylation is 2. The molecule has 20 heavy (non-hydrogen) atoms. The van der Waals surface area contributed by atoms with Gasteiger partial charge in [-0.05, 0) is 32.4 Å². The molecule has 0 aromatic carbocycles. The Morgan fingerprint density at radius 1 is 1.35 bits per heavy atom. The second-order valence-corrected chi connectivity index (χ2v) is 5.63. The molecule has 0 aliphatic rings. The van der Waals surface area contributed by atoms with Gasteiger partial charge in [0.2, 0.25) is 0 Å². The molecule has 1 aromatic heterocycles. The SMILES string of the molecule is CCOC(=O)CN(CCOC)C(=O)c1cc(C)c(C)s1. The maximum Gasteiger partial charge on any atom is 0.325 e. The van der Waals surface area contributed by atoms with Crippen molar-refractivity contribution in [2.24, 2.45) is 0 Å². The summed E-state index contributed by atoms with van der Waals surface area (Å²) in [6.45, 7) is 6.69. The lowest BCUT2D eigenvalue weighted by Crippen LogP contribution is -2.38. The molecule has 0 aliphatic carbocycles. The molecular weight excluding hydrogens is 278 g/mol. The predicted molar refractivity (Wildman–Crippen MR) is 78.2 cm³/mol. The Labute approximate surface area is 123 Å². The number of carbonyl (C=O) groups is 2. The van der Waals surface area contributed by atoms with Crippen molar-refractivity contribution in [1.82, 2.24) is 4.90 Å². The first-order valence-corrected chi connectivity index (χ1v) is 7.32. The van der Waals surface area contributed by atoms with Gasteiger partial charge in [-0.3, -0.25) is 9.59 Å². The van der Waals surface area contributed by atoms with Gasteiger partial charge in [0.15, 0.2) is 0 Å². The fourth-order valence-electron chi connectivity index (χ4n) is 1.65. The highest BCUT2D eigenvalue weighted by Gasteiger charge is 2.21. The molecule has 1 heterocycles. The molecule has 1 rings (SSSR count). The van der Waals surface area contributed by atoms with E-state index in [0.717, 1.165) is 10.4 Å². The monoisotopic (exact) mass is 299 g/mol. The second-order valence-electron chi connectivity index (χ2n) is 4.37. The zero-order valence-corrected chi connectivity index (χ0v) is 13.2. The highest BCUT2D eigenvalue weighted by Crippen LogP contribution is 2.22. The van der Waals surface area contributed by atoms with Crippen LogP contribution in [-0.4, -0.2) is 50.2 Å². The minimum atomic E-state index is -0.401. The van der Waals surface area contributed by atoms with Crippen LogP contribution in [0.15, 0.2) is 6.07 Å². The van der Waals surface area contributed by atoms with E-state index in [1.54, 1.807) is 14.0 Å². The minimum absolute atomic E-state index is 0.0496. The van der Waals surface area contributed by atoms with E-state index in [2.05, 4.69) is 0 Å². The van der Waals surface area contributed by atoms with Crippen molar-refractivity contribution in [2.75, 3.05) is 33.4 Å². The molecule has 0 fully saturated rings. The number of ether oxygens (including phenoxy) is 2. The van der Waals surface area contributed by atoms with E-state index in [-0.39, 0.29) is 12.5 Å². The van der Waals surface area contributed by atoms with Crippen LogP contribution in [0.4, 0.5) is 0 Å². The summed E-state index contributed by atoms with van der Waals surface area (Å²) in [4.78, 5) is 27.2. The summed E-state index contributed by atoms with van der Waals surface area (Å²) in [5.41, 5.74) is 1.08. The summed E-state index contributed by atoms with van der Waals surface area (Å²) in [6, 6.07) is 1.85. The summed E-state index contributed by atoms with van der Waals surface area (Å²) in [5.74, 6) is -0.557. The van der Waals surface area contributed by atoms with Crippen LogP contribution in [0, 0.1) is 13.8 Å². The molecule has 0 unspecified atom stereocenters. The minimum Gasteiger partial charge on any atom is -0.465 e. The van der Waals surface area contributed by atoms with Gasteiger partial charge in [-0.15, -0.1) is 11.3 Å². The molecule has 0 bridgehead atoms. The van der Waals surface area contributed by atoms with Crippen LogP contribution in [0.2, 0.25) is 0 Å². The third-order valence-electron chi connectivity index (χ3n) is 2.85. The Morgan fingerprint density at radius 2 is 2.05 bits per heavy atom. The van der Waals surface area contributed by atoms with E-state index in [1.807, 2.05) is 19.9 Å². The van der Waals surface area contributed by atoms with Crippen LogP contribution in [0.1, 0.15) is 27.0 Å². The van der Waals surface area contributed by atoms with Gasteiger partial charge in [-0.25, -0.2) is 0 Å². The molecule has 0 atom stereocenters. The highest BCUT2D eigenvalue weighted by molar-refractivity contribution is 7.14. The summed E-state index contributed by atoms with van der Waals surface area (Å²) >= 11 is 1.44. The maximum atomic E-state index is 12.4. The Balaban J connectivity index is 2.80. The molecule has 6 heteroatoms. The van der Waals surface area contributed by atoms with Gasteiger partial charge < -0.3 is 14.4 Å². The summed E-state index contributed by atoms with van der Waals surface area (Å²) in [7, 11) is 1.56. The fraction of sp³-hybridized carbons (Fsp3) is 0.571. The van der Waals surface area contributed by atoms with Gasteiger partial charge in [0.1, 0.15) is 6.54 Å². The number of carbonyl (C=O) groups excluding carboxylic acids is 2. The maximum absolute atomic E-state index is 12.4. The number of rotatable bonds is 7. The molecule has 5 nitrogen and oxygen atoms in total. The highest BCUT2D eigenvalue weighted by atomic mass is 32.1. The smallest absolute Gasteiger partial charge is 0.325 e. The first kappa shape index (κ1) is 16.7. The average molecular weight is 299 g/mol. The molecule has 0 N–H and O–H groups in total. The van der Waals surface area contributed by atoms with Crippen molar-refractivity contribution >= 4 is 23.2 Å². The van der Waals surface area contributed by atoms with Gasteiger partial charge in [0.25, 0.3) is 5.91 Å². The number of esters is 1. The van der Waals surface area contributed by atoms with Crippen molar-refractivity contribution in [2.45, 2.75) is 20.8 Å². The Kier molecular flexibility index (Phi) is 6.67. The van der Waals surface area contributed by atoms with Gasteiger partial charge in [0.05, 0.1) is 18.1 Å². The van der Waals surface area contributed by atoms with Gasteiger partial charge >= 0.3 is 5.97 Å². The fourth-order valence-corrected chi connectivity index (χ4v) is 2.65. The normalized spacial score (nSPS) is 10.4. The molecule has 1 amide bonds. The molecular formula is C14H21NO4S.